The summed E-state index contributed by atoms with van der Waals surface area (Å²) in [4.78, 5) is 54.8. The van der Waals surface area contributed by atoms with Crippen molar-refractivity contribution in [1.82, 2.24) is 25.3 Å². The molecule has 1 aliphatic rings. The molecule has 12 nitrogen and oxygen atoms in total. The van der Waals surface area contributed by atoms with Gasteiger partial charge in [-0.2, -0.15) is 0 Å². The summed E-state index contributed by atoms with van der Waals surface area (Å²) in [5.74, 6) is -1.05. The lowest BCUT2D eigenvalue weighted by Gasteiger charge is -2.31. The third kappa shape index (κ3) is 15.7. The van der Waals surface area contributed by atoms with Gasteiger partial charge < -0.3 is 29.7 Å². The highest BCUT2D eigenvalue weighted by molar-refractivity contribution is 5.82. The SMILES string of the molecule is C=CCOC(=O)CN1CCNCCN(CC(=O)OCC=C)CCN(C(=O)CNC(=O)OC(C)(C)C)CC1. The van der Waals surface area contributed by atoms with Crippen LogP contribution in [0.5, 0.6) is 0 Å². The number of esters is 2. The minimum absolute atomic E-state index is 0.0784. The number of carbonyl (C=O) groups excluding carboxylic acids is 4. The predicted octanol–water partition coefficient (Wildman–Crippen LogP) is 0.00530. The smallest absolute Gasteiger partial charge is 0.408 e. The highest BCUT2D eigenvalue weighted by atomic mass is 16.6. The van der Waals surface area contributed by atoms with E-state index in [4.69, 9.17) is 14.2 Å². The molecular formula is C25H43N5O7. The van der Waals surface area contributed by atoms with Crippen LogP contribution in [-0.2, 0) is 28.6 Å². The Kier molecular flexibility index (Phi) is 15.2. The molecule has 210 valence electrons. The molecule has 0 aromatic carbocycles. The summed E-state index contributed by atoms with van der Waals surface area (Å²) < 4.78 is 15.4. The maximum absolute atomic E-state index is 13.0. The van der Waals surface area contributed by atoms with Crippen LogP contribution in [0.15, 0.2) is 25.3 Å². The largest absolute Gasteiger partial charge is 0.461 e. The van der Waals surface area contributed by atoms with E-state index in [9.17, 15) is 19.2 Å². The summed E-state index contributed by atoms with van der Waals surface area (Å²) in [6.07, 6.45) is 2.33. The average molecular weight is 526 g/mol. The lowest BCUT2D eigenvalue weighted by Crippen LogP contribution is -2.50. The summed E-state index contributed by atoms with van der Waals surface area (Å²) in [5.41, 5.74) is -0.684. The third-order valence-corrected chi connectivity index (χ3v) is 5.15. The first-order valence-corrected chi connectivity index (χ1v) is 12.5. The number of rotatable bonds is 10. The Hall–Kier alpha value is -2.96. The lowest BCUT2D eigenvalue weighted by molar-refractivity contribution is -0.144. The van der Waals surface area contributed by atoms with E-state index in [1.54, 1.807) is 25.7 Å². The van der Waals surface area contributed by atoms with E-state index in [-0.39, 0.29) is 50.7 Å². The molecule has 1 rings (SSSR count). The Balaban J connectivity index is 2.87. The molecule has 0 aromatic heterocycles. The van der Waals surface area contributed by atoms with Crippen LogP contribution < -0.4 is 10.6 Å². The van der Waals surface area contributed by atoms with E-state index in [1.807, 2.05) is 9.80 Å². The molecule has 0 aromatic rings. The van der Waals surface area contributed by atoms with E-state index in [0.29, 0.717) is 52.4 Å². The van der Waals surface area contributed by atoms with Gasteiger partial charge in [0.2, 0.25) is 5.91 Å². The van der Waals surface area contributed by atoms with Crippen LogP contribution in [-0.4, -0.2) is 129 Å². The highest BCUT2D eigenvalue weighted by Crippen LogP contribution is 2.06. The van der Waals surface area contributed by atoms with E-state index in [0.717, 1.165) is 0 Å². The van der Waals surface area contributed by atoms with Gasteiger partial charge in [-0.15, -0.1) is 0 Å². The molecule has 1 saturated heterocycles. The summed E-state index contributed by atoms with van der Waals surface area (Å²) in [5, 5.41) is 5.82. The monoisotopic (exact) mass is 525 g/mol. The van der Waals surface area contributed by atoms with Gasteiger partial charge in [0.25, 0.3) is 0 Å². The molecule has 12 heteroatoms. The summed E-state index contributed by atoms with van der Waals surface area (Å²) in [7, 11) is 0. The van der Waals surface area contributed by atoms with Crippen molar-refractivity contribution < 1.29 is 33.4 Å². The fourth-order valence-electron chi connectivity index (χ4n) is 3.36. The summed E-state index contributed by atoms with van der Waals surface area (Å²) in [6.45, 7) is 16.3. The second-order valence-electron chi connectivity index (χ2n) is 9.48. The quantitative estimate of drug-likeness (QED) is 0.228. The zero-order valence-corrected chi connectivity index (χ0v) is 22.5. The number of amides is 2. The van der Waals surface area contributed by atoms with Gasteiger partial charge in [0, 0.05) is 52.4 Å². The molecule has 0 atom stereocenters. The van der Waals surface area contributed by atoms with Crippen molar-refractivity contribution in [1.29, 1.82) is 0 Å². The van der Waals surface area contributed by atoms with Crippen molar-refractivity contribution in [2.24, 2.45) is 0 Å². The summed E-state index contributed by atoms with van der Waals surface area (Å²) >= 11 is 0. The van der Waals surface area contributed by atoms with Crippen LogP contribution in [0.4, 0.5) is 4.79 Å². The zero-order valence-electron chi connectivity index (χ0n) is 22.5. The Bertz CT molecular complexity index is 729. The lowest BCUT2D eigenvalue weighted by atomic mass is 10.2. The fraction of sp³-hybridized carbons (Fsp3) is 0.680. The molecule has 1 aliphatic heterocycles. The van der Waals surface area contributed by atoms with Gasteiger partial charge in [0.15, 0.2) is 0 Å². The minimum Gasteiger partial charge on any atom is -0.461 e. The molecule has 1 heterocycles. The van der Waals surface area contributed by atoms with Crippen molar-refractivity contribution in [3.05, 3.63) is 25.3 Å². The van der Waals surface area contributed by atoms with E-state index >= 15 is 0 Å². The van der Waals surface area contributed by atoms with Crippen molar-refractivity contribution in [2.45, 2.75) is 26.4 Å². The van der Waals surface area contributed by atoms with Crippen molar-refractivity contribution in [3.63, 3.8) is 0 Å². The Morgan fingerprint density at radius 1 is 0.838 bits per heavy atom. The molecule has 0 aliphatic carbocycles. The van der Waals surface area contributed by atoms with Gasteiger partial charge in [0.1, 0.15) is 25.4 Å². The maximum Gasteiger partial charge on any atom is 0.408 e. The van der Waals surface area contributed by atoms with Gasteiger partial charge in [0.05, 0.1) is 13.1 Å². The number of alkyl carbamates (subject to hydrolysis) is 1. The van der Waals surface area contributed by atoms with Gasteiger partial charge in [-0.25, -0.2) is 4.79 Å². The van der Waals surface area contributed by atoms with Gasteiger partial charge >= 0.3 is 18.0 Å². The van der Waals surface area contributed by atoms with Crippen molar-refractivity contribution in [2.75, 3.05) is 85.2 Å². The predicted molar refractivity (Wildman–Crippen MR) is 139 cm³/mol. The third-order valence-electron chi connectivity index (χ3n) is 5.15. The number of nitrogens with zero attached hydrogens (tertiary/aromatic N) is 3. The number of nitrogens with one attached hydrogen (secondary N) is 2. The van der Waals surface area contributed by atoms with E-state index in [2.05, 4.69) is 23.8 Å². The molecule has 0 saturated carbocycles. The fourth-order valence-corrected chi connectivity index (χ4v) is 3.36. The molecule has 0 spiro atoms. The standard InChI is InChI=1S/C25H43N5O7/c1-6-16-35-22(32)19-28-10-8-26-9-11-29(20-23(33)36-17-7-2)13-15-30(14-12-28)21(31)18-27-24(34)37-25(3,4)5/h6-7,26H,1-2,8-20H2,3-5H3,(H,27,34). The Labute approximate surface area is 219 Å². The van der Waals surface area contributed by atoms with Crippen LogP contribution in [0.3, 0.4) is 0 Å². The molecule has 37 heavy (non-hydrogen) atoms. The molecule has 2 amide bonds. The number of hydrogen-bond donors (Lipinski definition) is 2. The van der Waals surface area contributed by atoms with Crippen LogP contribution in [0.1, 0.15) is 20.8 Å². The van der Waals surface area contributed by atoms with Gasteiger partial charge in [-0.3, -0.25) is 24.2 Å². The maximum atomic E-state index is 13.0. The molecule has 2 N–H and O–H groups in total. The molecular weight excluding hydrogens is 482 g/mol. The highest BCUT2D eigenvalue weighted by Gasteiger charge is 2.22. The van der Waals surface area contributed by atoms with E-state index in [1.165, 1.54) is 12.2 Å². The average Bonchev–Trinajstić information content (AvgIpc) is 2.81. The molecule has 1 fully saturated rings. The minimum atomic E-state index is -0.684. The second kappa shape index (κ2) is 17.5. The second-order valence-corrected chi connectivity index (χ2v) is 9.48. The first-order valence-electron chi connectivity index (χ1n) is 12.5. The topological polar surface area (TPSA) is 130 Å². The van der Waals surface area contributed by atoms with Crippen LogP contribution >= 0.6 is 0 Å². The first kappa shape index (κ1) is 32.1. The summed E-state index contributed by atoms with van der Waals surface area (Å²) in [6, 6.07) is 0. The van der Waals surface area contributed by atoms with Gasteiger partial charge in [-0.1, -0.05) is 25.3 Å². The number of carbonyl (C=O) groups is 4. The van der Waals surface area contributed by atoms with Crippen LogP contribution in [0, 0.1) is 0 Å². The molecule has 0 unspecified atom stereocenters. The van der Waals surface area contributed by atoms with Crippen LogP contribution in [0.25, 0.3) is 0 Å². The normalized spacial score (nSPS) is 16.5. The van der Waals surface area contributed by atoms with E-state index < -0.39 is 11.7 Å². The zero-order chi connectivity index (χ0) is 27.7. The van der Waals surface area contributed by atoms with Gasteiger partial charge in [-0.05, 0) is 20.8 Å². The van der Waals surface area contributed by atoms with Crippen LogP contribution in [0.2, 0.25) is 0 Å². The molecule has 0 radical (unpaired) electrons. The first-order chi connectivity index (χ1) is 17.5. The number of hydrogen-bond acceptors (Lipinski definition) is 10. The van der Waals surface area contributed by atoms with Crippen molar-refractivity contribution >= 4 is 23.9 Å². The number of ether oxygens (including phenoxy) is 3. The Morgan fingerprint density at radius 2 is 1.32 bits per heavy atom. The Morgan fingerprint density at radius 3 is 1.76 bits per heavy atom. The molecule has 0 bridgehead atoms. The van der Waals surface area contributed by atoms with Crippen molar-refractivity contribution in [3.8, 4) is 0 Å².